The van der Waals surface area contributed by atoms with Crippen LogP contribution in [0.3, 0.4) is 0 Å². The summed E-state index contributed by atoms with van der Waals surface area (Å²) in [4.78, 5) is 12.9. The maximum absolute atomic E-state index is 13.3. The third-order valence-electron chi connectivity index (χ3n) is 5.28. The van der Waals surface area contributed by atoms with E-state index in [4.69, 9.17) is 0 Å². The summed E-state index contributed by atoms with van der Waals surface area (Å²) < 4.78 is 41.0. The quantitative estimate of drug-likeness (QED) is 0.526. The van der Waals surface area contributed by atoms with Gasteiger partial charge in [0.2, 0.25) is 5.91 Å². The molecule has 0 bridgehead atoms. The second kappa shape index (κ2) is 9.96. The van der Waals surface area contributed by atoms with Crippen LogP contribution in [0.5, 0.6) is 0 Å². The first-order chi connectivity index (χ1) is 15.2. The topological polar surface area (TPSA) is 66.5 Å². The minimum absolute atomic E-state index is 0.0861. The van der Waals surface area contributed by atoms with E-state index >= 15 is 0 Å². The summed E-state index contributed by atoms with van der Waals surface area (Å²) in [5.74, 6) is -0.960. The Balaban J connectivity index is 1.89. The van der Waals surface area contributed by atoms with Gasteiger partial charge < -0.3 is 5.32 Å². The Morgan fingerprint density at radius 2 is 1.66 bits per heavy atom. The first-order valence-corrected chi connectivity index (χ1v) is 11.9. The molecule has 0 aromatic heterocycles. The van der Waals surface area contributed by atoms with Crippen LogP contribution in [0.2, 0.25) is 0 Å². The van der Waals surface area contributed by atoms with Gasteiger partial charge in [0.05, 0.1) is 16.6 Å². The van der Waals surface area contributed by atoms with Crippen molar-refractivity contribution in [2.24, 2.45) is 0 Å². The van der Waals surface area contributed by atoms with Crippen molar-refractivity contribution in [1.29, 1.82) is 0 Å². The van der Waals surface area contributed by atoms with E-state index in [-0.39, 0.29) is 10.9 Å². The predicted octanol–water partition coefficient (Wildman–Crippen LogP) is 4.91. The fraction of sp³-hybridized carbons (Fsp3) is 0.240. The average molecular weight is 455 g/mol. The lowest BCUT2D eigenvalue weighted by atomic mass is 9.97. The predicted molar refractivity (Wildman–Crippen MR) is 124 cm³/mol. The summed E-state index contributed by atoms with van der Waals surface area (Å²) in [6.45, 7) is 5.57. The molecule has 1 atom stereocenters. The van der Waals surface area contributed by atoms with Crippen LogP contribution in [0, 0.1) is 19.7 Å². The highest BCUT2D eigenvalue weighted by atomic mass is 32.2. The second-order valence-corrected chi connectivity index (χ2v) is 9.55. The Hall–Kier alpha value is -3.19. The van der Waals surface area contributed by atoms with E-state index in [0.717, 1.165) is 33.1 Å². The lowest BCUT2D eigenvalue weighted by Crippen LogP contribution is -2.42. The van der Waals surface area contributed by atoms with Crippen LogP contribution in [-0.4, -0.2) is 20.9 Å². The van der Waals surface area contributed by atoms with Gasteiger partial charge in [-0.25, -0.2) is 12.8 Å². The zero-order chi connectivity index (χ0) is 23.3. The van der Waals surface area contributed by atoms with Crippen molar-refractivity contribution in [1.82, 2.24) is 5.32 Å². The van der Waals surface area contributed by atoms with E-state index in [0.29, 0.717) is 12.1 Å². The minimum Gasteiger partial charge on any atom is -0.348 e. The SMILES string of the molecule is CCC(NC(=O)CN(c1ccccc1)S(=O)(=O)c1ccc(F)cc1)c1ccc(C)cc1C. The number of para-hydroxylation sites is 1. The molecule has 168 valence electrons. The Morgan fingerprint density at radius 3 is 2.25 bits per heavy atom. The van der Waals surface area contributed by atoms with Crippen molar-refractivity contribution in [3.63, 3.8) is 0 Å². The number of benzene rings is 3. The van der Waals surface area contributed by atoms with E-state index in [1.165, 1.54) is 12.1 Å². The van der Waals surface area contributed by atoms with E-state index in [2.05, 4.69) is 11.4 Å². The molecular weight excluding hydrogens is 427 g/mol. The van der Waals surface area contributed by atoms with E-state index in [1.807, 2.05) is 32.9 Å². The average Bonchev–Trinajstić information content (AvgIpc) is 2.77. The maximum Gasteiger partial charge on any atom is 0.264 e. The van der Waals surface area contributed by atoms with Crippen LogP contribution in [0.1, 0.15) is 36.1 Å². The van der Waals surface area contributed by atoms with Crippen LogP contribution in [-0.2, 0) is 14.8 Å². The molecular formula is C25H27FN2O3S. The number of hydrogen-bond donors (Lipinski definition) is 1. The summed E-state index contributed by atoms with van der Waals surface area (Å²) in [6.07, 6.45) is 0.658. The summed E-state index contributed by atoms with van der Waals surface area (Å²) in [6, 6.07) is 18.8. The number of nitrogens with zero attached hydrogens (tertiary/aromatic N) is 1. The molecule has 32 heavy (non-hydrogen) atoms. The van der Waals surface area contributed by atoms with Gasteiger partial charge in [-0.15, -0.1) is 0 Å². The van der Waals surface area contributed by atoms with Crippen LogP contribution in [0.25, 0.3) is 0 Å². The van der Waals surface area contributed by atoms with E-state index < -0.39 is 28.3 Å². The zero-order valence-corrected chi connectivity index (χ0v) is 19.2. The molecule has 0 aliphatic carbocycles. The van der Waals surface area contributed by atoms with Gasteiger partial charge in [-0.05, 0) is 67.8 Å². The number of sulfonamides is 1. The number of halogens is 1. The van der Waals surface area contributed by atoms with E-state index in [1.54, 1.807) is 30.3 Å². The molecule has 0 aliphatic heterocycles. The van der Waals surface area contributed by atoms with Gasteiger partial charge in [-0.2, -0.15) is 0 Å². The number of hydrogen-bond acceptors (Lipinski definition) is 3. The first-order valence-electron chi connectivity index (χ1n) is 10.4. The Morgan fingerprint density at radius 1 is 1.00 bits per heavy atom. The highest BCUT2D eigenvalue weighted by Gasteiger charge is 2.28. The Labute approximate surface area is 188 Å². The van der Waals surface area contributed by atoms with Gasteiger partial charge in [0.1, 0.15) is 12.4 Å². The van der Waals surface area contributed by atoms with Crippen LogP contribution >= 0.6 is 0 Å². The summed E-state index contributed by atoms with van der Waals surface area (Å²) in [5, 5.41) is 2.97. The van der Waals surface area contributed by atoms with Crippen molar-refractivity contribution < 1.29 is 17.6 Å². The fourth-order valence-electron chi connectivity index (χ4n) is 3.63. The smallest absolute Gasteiger partial charge is 0.264 e. The first kappa shape index (κ1) is 23.5. The van der Waals surface area contributed by atoms with Gasteiger partial charge in [-0.1, -0.05) is 48.9 Å². The van der Waals surface area contributed by atoms with Crippen molar-refractivity contribution in [3.8, 4) is 0 Å². The normalized spacial score (nSPS) is 12.2. The van der Waals surface area contributed by atoms with Gasteiger partial charge in [-0.3, -0.25) is 9.10 Å². The standard InChI is InChI=1S/C25H27FN2O3S/c1-4-24(23-15-10-18(2)16-19(23)3)27-25(29)17-28(21-8-6-5-7-9-21)32(30,31)22-13-11-20(26)12-14-22/h5-16,24H,4,17H2,1-3H3,(H,27,29). The maximum atomic E-state index is 13.3. The highest BCUT2D eigenvalue weighted by Crippen LogP contribution is 2.25. The number of anilines is 1. The van der Waals surface area contributed by atoms with Crippen molar-refractivity contribution in [2.75, 3.05) is 10.8 Å². The van der Waals surface area contributed by atoms with Crippen molar-refractivity contribution in [3.05, 3.63) is 95.3 Å². The van der Waals surface area contributed by atoms with Gasteiger partial charge in [0.25, 0.3) is 10.0 Å². The van der Waals surface area contributed by atoms with Crippen LogP contribution < -0.4 is 9.62 Å². The number of carbonyl (C=O) groups excluding carboxylic acids is 1. The highest BCUT2D eigenvalue weighted by molar-refractivity contribution is 7.92. The summed E-state index contributed by atoms with van der Waals surface area (Å²) in [5.41, 5.74) is 3.55. The third kappa shape index (κ3) is 5.34. The number of rotatable bonds is 8. The Bertz CT molecular complexity index is 1180. The lowest BCUT2D eigenvalue weighted by molar-refractivity contribution is -0.120. The molecule has 0 aliphatic rings. The Kier molecular flexibility index (Phi) is 7.30. The van der Waals surface area contributed by atoms with Crippen LogP contribution in [0.4, 0.5) is 10.1 Å². The molecule has 3 aromatic carbocycles. The largest absolute Gasteiger partial charge is 0.348 e. The van der Waals surface area contributed by atoms with Gasteiger partial charge >= 0.3 is 0 Å². The monoisotopic (exact) mass is 454 g/mol. The van der Waals surface area contributed by atoms with E-state index in [9.17, 15) is 17.6 Å². The molecule has 7 heteroatoms. The molecule has 0 radical (unpaired) electrons. The molecule has 0 saturated carbocycles. The molecule has 3 aromatic rings. The lowest BCUT2D eigenvalue weighted by Gasteiger charge is -2.26. The minimum atomic E-state index is -4.08. The third-order valence-corrected chi connectivity index (χ3v) is 7.07. The molecule has 0 fully saturated rings. The van der Waals surface area contributed by atoms with Gasteiger partial charge in [0, 0.05) is 0 Å². The van der Waals surface area contributed by atoms with Gasteiger partial charge in [0.15, 0.2) is 0 Å². The molecule has 0 saturated heterocycles. The van der Waals surface area contributed by atoms with Crippen LogP contribution in [0.15, 0.2) is 77.7 Å². The molecule has 0 heterocycles. The number of carbonyl (C=O) groups is 1. The second-order valence-electron chi connectivity index (χ2n) is 7.69. The molecule has 3 rings (SSSR count). The molecule has 1 amide bonds. The molecule has 0 spiro atoms. The van der Waals surface area contributed by atoms with Crippen molar-refractivity contribution in [2.45, 2.75) is 38.1 Å². The zero-order valence-electron chi connectivity index (χ0n) is 18.4. The number of aryl methyl sites for hydroxylation is 2. The number of nitrogens with one attached hydrogen (secondary N) is 1. The van der Waals surface area contributed by atoms with Crippen molar-refractivity contribution >= 4 is 21.6 Å². The molecule has 1 unspecified atom stereocenters. The fourth-order valence-corrected chi connectivity index (χ4v) is 5.05. The summed E-state index contributed by atoms with van der Waals surface area (Å²) >= 11 is 0. The molecule has 1 N–H and O–H groups in total. The number of amides is 1. The molecule has 5 nitrogen and oxygen atoms in total. The summed E-state index contributed by atoms with van der Waals surface area (Å²) in [7, 11) is -4.08.